The first kappa shape index (κ1) is 20.8. The number of carbonyl (C=O) groups is 1. The van der Waals surface area contributed by atoms with Gasteiger partial charge in [-0.05, 0) is 59.6 Å². The van der Waals surface area contributed by atoms with Crippen LogP contribution in [0.5, 0.6) is 17.2 Å². The molecule has 0 fully saturated rings. The fourth-order valence-corrected chi connectivity index (χ4v) is 2.66. The van der Waals surface area contributed by atoms with Crippen LogP contribution >= 0.6 is 15.9 Å². The molecule has 0 saturated carbocycles. The highest BCUT2D eigenvalue weighted by molar-refractivity contribution is 9.10. The van der Waals surface area contributed by atoms with Gasteiger partial charge in [-0.25, -0.2) is 5.43 Å². The van der Waals surface area contributed by atoms with Crippen molar-refractivity contribution in [2.75, 3.05) is 20.3 Å². The van der Waals surface area contributed by atoms with Crippen LogP contribution in [-0.2, 0) is 0 Å². The highest BCUT2D eigenvalue weighted by atomic mass is 79.9. The lowest BCUT2D eigenvalue weighted by atomic mass is 10.2. The van der Waals surface area contributed by atoms with Crippen molar-refractivity contribution < 1.29 is 19.0 Å². The summed E-state index contributed by atoms with van der Waals surface area (Å²) in [5.74, 6) is 1.59. The van der Waals surface area contributed by atoms with Crippen molar-refractivity contribution in [1.29, 1.82) is 0 Å². The maximum atomic E-state index is 12.2. The highest BCUT2D eigenvalue weighted by Gasteiger charge is 2.10. The molecule has 2 rings (SSSR count). The van der Waals surface area contributed by atoms with E-state index in [2.05, 4.69) is 26.5 Å². The Kier molecular flexibility index (Phi) is 8.13. The lowest BCUT2D eigenvalue weighted by Crippen LogP contribution is -2.17. The second-order valence-electron chi connectivity index (χ2n) is 5.53. The standard InChI is InChI=1S/C20H23BrN2O4/c1-4-9-27-19-12-17(21)15(11-18(19)26-5-2)13-22-23-20(24)14-7-6-8-16(10-14)25-3/h6-8,10-13H,4-5,9H2,1-3H3,(H,23,24). The van der Waals surface area contributed by atoms with Gasteiger partial charge in [0, 0.05) is 15.6 Å². The topological polar surface area (TPSA) is 69.2 Å². The third-order valence-corrected chi connectivity index (χ3v) is 4.21. The zero-order valence-corrected chi connectivity index (χ0v) is 17.2. The van der Waals surface area contributed by atoms with Gasteiger partial charge in [-0.3, -0.25) is 4.79 Å². The fourth-order valence-electron chi connectivity index (χ4n) is 2.23. The first-order chi connectivity index (χ1) is 13.1. The SMILES string of the molecule is CCCOc1cc(Br)c(C=NNC(=O)c2cccc(OC)c2)cc1OCC. The number of methoxy groups -OCH3 is 1. The zero-order valence-electron chi connectivity index (χ0n) is 15.6. The number of hydrogen-bond donors (Lipinski definition) is 1. The maximum Gasteiger partial charge on any atom is 0.271 e. The van der Waals surface area contributed by atoms with Crippen molar-refractivity contribution in [2.45, 2.75) is 20.3 Å². The molecule has 6 nitrogen and oxygen atoms in total. The molecule has 0 aliphatic rings. The van der Waals surface area contributed by atoms with Crippen LogP contribution in [0.4, 0.5) is 0 Å². The Morgan fingerprint density at radius 3 is 2.67 bits per heavy atom. The van der Waals surface area contributed by atoms with E-state index < -0.39 is 0 Å². The number of amides is 1. The number of hydrazone groups is 1. The van der Waals surface area contributed by atoms with Gasteiger partial charge in [-0.2, -0.15) is 5.10 Å². The van der Waals surface area contributed by atoms with Crippen molar-refractivity contribution in [3.8, 4) is 17.2 Å². The lowest BCUT2D eigenvalue weighted by Gasteiger charge is -2.13. The van der Waals surface area contributed by atoms with Crippen molar-refractivity contribution in [2.24, 2.45) is 5.10 Å². The van der Waals surface area contributed by atoms with Crippen molar-refractivity contribution in [3.05, 3.63) is 52.0 Å². The predicted molar refractivity (Wildman–Crippen MR) is 109 cm³/mol. The van der Waals surface area contributed by atoms with E-state index in [-0.39, 0.29) is 5.91 Å². The first-order valence-corrected chi connectivity index (χ1v) is 9.44. The Bertz CT molecular complexity index is 809. The Hall–Kier alpha value is -2.54. The number of hydrogen-bond acceptors (Lipinski definition) is 5. The average molecular weight is 435 g/mol. The van der Waals surface area contributed by atoms with Gasteiger partial charge in [0.1, 0.15) is 5.75 Å². The summed E-state index contributed by atoms with van der Waals surface area (Å²) in [5.41, 5.74) is 3.73. The van der Waals surface area contributed by atoms with Gasteiger partial charge in [-0.15, -0.1) is 0 Å². The monoisotopic (exact) mass is 434 g/mol. The first-order valence-electron chi connectivity index (χ1n) is 8.65. The second kappa shape index (κ2) is 10.6. The van der Waals surface area contributed by atoms with E-state index >= 15 is 0 Å². The van der Waals surface area contributed by atoms with E-state index in [0.29, 0.717) is 36.0 Å². The minimum atomic E-state index is -0.325. The summed E-state index contributed by atoms with van der Waals surface area (Å²) in [6.07, 6.45) is 2.46. The molecule has 0 radical (unpaired) electrons. The Balaban J connectivity index is 2.13. The molecule has 0 aliphatic carbocycles. The molecular formula is C20H23BrN2O4. The largest absolute Gasteiger partial charge is 0.497 e. The minimum absolute atomic E-state index is 0.325. The summed E-state index contributed by atoms with van der Waals surface area (Å²) in [6, 6.07) is 10.5. The number of halogens is 1. The molecule has 1 N–H and O–H groups in total. The molecule has 0 aliphatic heterocycles. The Morgan fingerprint density at radius 1 is 1.19 bits per heavy atom. The van der Waals surface area contributed by atoms with E-state index in [4.69, 9.17) is 14.2 Å². The maximum absolute atomic E-state index is 12.2. The van der Waals surface area contributed by atoms with Gasteiger partial charge in [0.15, 0.2) is 11.5 Å². The molecule has 0 aromatic heterocycles. The van der Waals surface area contributed by atoms with Crippen molar-refractivity contribution in [1.82, 2.24) is 5.43 Å². The molecule has 0 atom stereocenters. The lowest BCUT2D eigenvalue weighted by molar-refractivity contribution is 0.0955. The molecule has 0 bridgehead atoms. The smallest absolute Gasteiger partial charge is 0.271 e. The van der Waals surface area contributed by atoms with E-state index in [9.17, 15) is 4.79 Å². The summed E-state index contributed by atoms with van der Waals surface area (Å²) < 4.78 is 17.3. The minimum Gasteiger partial charge on any atom is -0.497 e. The molecule has 144 valence electrons. The van der Waals surface area contributed by atoms with Crippen LogP contribution in [0.1, 0.15) is 36.2 Å². The molecule has 0 unspecified atom stereocenters. The summed E-state index contributed by atoms with van der Waals surface area (Å²) in [5, 5.41) is 4.04. The summed E-state index contributed by atoms with van der Waals surface area (Å²) in [4.78, 5) is 12.2. The van der Waals surface area contributed by atoms with E-state index in [1.165, 1.54) is 0 Å². The Labute approximate surface area is 167 Å². The normalized spacial score (nSPS) is 10.7. The van der Waals surface area contributed by atoms with Gasteiger partial charge in [0.05, 0.1) is 26.5 Å². The number of rotatable bonds is 9. The van der Waals surface area contributed by atoms with Gasteiger partial charge >= 0.3 is 0 Å². The third kappa shape index (κ3) is 5.99. The van der Waals surface area contributed by atoms with E-state index in [1.54, 1.807) is 37.6 Å². The molecule has 0 heterocycles. The highest BCUT2D eigenvalue weighted by Crippen LogP contribution is 2.33. The van der Waals surface area contributed by atoms with Gasteiger partial charge in [0.2, 0.25) is 0 Å². The van der Waals surface area contributed by atoms with Gasteiger partial charge in [-0.1, -0.05) is 13.0 Å². The molecule has 1 amide bonds. The number of benzene rings is 2. The van der Waals surface area contributed by atoms with Crippen LogP contribution in [0.15, 0.2) is 46.0 Å². The number of nitrogens with zero attached hydrogens (tertiary/aromatic N) is 1. The van der Waals surface area contributed by atoms with Crippen LogP contribution in [0, 0.1) is 0 Å². The second-order valence-corrected chi connectivity index (χ2v) is 6.39. The summed E-state index contributed by atoms with van der Waals surface area (Å²) in [7, 11) is 1.55. The molecule has 2 aromatic carbocycles. The summed E-state index contributed by atoms with van der Waals surface area (Å²) >= 11 is 3.50. The molecular weight excluding hydrogens is 412 g/mol. The van der Waals surface area contributed by atoms with Crippen molar-refractivity contribution in [3.63, 3.8) is 0 Å². The summed E-state index contributed by atoms with van der Waals surface area (Å²) in [6.45, 7) is 5.08. The van der Waals surface area contributed by atoms with Crippen LogP contribution in [0.3, 0.4) is 0 Å². The van der Waals surface area contributed by atoms with Crippen LogP contribution < -0.4 is 19.6 Å². The van der Waals surface area contributed by atoms with E-state index in [0.717, 1.165) is 16.5 Å². The average Bonchev–Trinajstić information content (AvgIpc) is 2.69. The Morgan fingerprint density at radius 2 is 1.96 bits per heavy atom. The number of nitrogens with one attached hydrogen (secondary N) is 1. The van der Waals surface area contributed by atoms with E-state index in [1.807, 2.05) is 26.0 Å². The fraction of sp³-hybridized carbons (Fsp3) is 0.300. The molecule has 0 saturated heterocycles. The van der Waals surface area contributed by atoms with Gasteiger partial charge in [0.25, 0.3) is 5.91 Å². The molecule has 2 aromatic rings. The van der Waals surface area contributed by atoms with Gasteiger partial charge < -0.3 is 14.2 Å². The quantitative estimate of drug-likeness (QED) is 0.468. The predicted octanol–water partition coefficient (Wildman–Crippen LogP) is 4.41. The van der Waals surface area contributed by atoms with Crippen LogP contribution in [0.2, 0.25) is 0 Å². The third-order valence-electron chi connectivity index (χ3n) is 3.53. The molecule has 7 heteroatoms. The molecule has 27 heavy (non-hydrogen) atoms. The van der Waals surface area contributed by atoms with Crippen molar-refractivity contribution >= 4 is 28.1 Å². The number of ether oxygens (including phenoxy) is 3. The van der Waals surface area contributed by atoms with Crippen LogP contribution in [0.25, 0.3) is 0 Å². The van der Waals surface area contributed by atoms with Crippen LogP contribution in [-0.4, -0.2) is 32.4 Å². The molecule has 0 spiro atoms. The zero-order chi connectivity index (χ0) is 19.6. The number of carbonyl (C=O) groups excluding carboxylic acids is 1.